The summed E-state index contributed by atoms with van der Waals surface area (Å²) in [5.41, 5.74) is 5.33. The first-order valence-electron chi connectivity index (χ1n) is 3.56. The standard InChI is InChI=1S/C6H12N4O/c1-2-3-11-5-10-4-6(7)8-9-10/h4H,2-3,5,7H2,1H3. The third kappa shape index (κ3) is 2.55. The highest BCUT2D eigenvalue weighted by molar-refractivity contribution is 5.19. The Bertz CT molecular complexity index is 210. The van der Waals surface area contributed by atoms with Crippen LogP contribution in [0.5, 0.6) is 0 Å². The highest BCUT2D eigenvalue weighted by Gasteiger charge is 1.93. The van der Waals surface area contributed by atoms with Crippen LogP contribution in [0.2, 0.25) is 0 Å². The second kappa shape index (κ2) is 3.92. The van der Waals surface area contributed by atoms with E-state index >= 15 is 0 Å². The highest BCUT2D eigenvalue weighted by Crippen LogP contribution is 1.92. The van der Waals surface area contributed by atoms with Crippen molar-refractivity contribution in [2.24, 2.45) is 0 Å². The second-order valence-electron chi connectivity index (χ2n) is 2.22. The molecule has 0 radical (unpaired) electrons. The zero-order valence-corrected chi connectivity index (χ0v) is 6.53. The molecule has 2 N–H and O–H groups in total. The predicted molar refractivity (Wildman–Crippen MR) is 40.7 cm³/mol. The molecule has 0 bridgehead atoms. The van der Waals surface area contributed by atoms with Crippen LogP contribution in [-0.2, 0) is 11.5 Å². The Balaban J connectivity index is 2.27. The summed E-state index contributed by atoms with van der Waals surface area (Å²) in [5.74, 6) is 0.421. The number of ether oxygens (including phenoxy) is 1. The molecular formula is C6H12N4O. The van der Waals surface area contributed by atoms with Gasteiger partial charge in [0.25, 0.3) is 0 Å². The van der Waals surface area contributed by atoms with Crippen LogP contribution in [0.3, 0.4) is 0 Å². The SMILES string of the molecule is CCCOCn1cc(N)nn1. The molecule has 1 aromatic rings. The molecule has 0 unspecified atom stereocenters. The summed E-state index contributed by atoms with van der Waals surface area (Å²) in [4.78, 5) is 0. The van der Waals surface area contributed by atoms with E-state index in [4.69, 9.17) is 10.5 Å². The topological polar surface area (TPSA) is 66.0 Å². The van der Waals surface area contributed by atoms with Crippen molar-refractivity contribution in [2.75, 3.05) is 12.3 Å². The number of anilines is 1. The Kier molecular flexibility index (Phi) is 2.85. The van der Waals surface area contributed by atoms with Crippen LogP contribution in [0.15, 0.2) is 6.20 Å². The van der Waals surface area contributed by atoms with Crippen molar-refractivity contribution in [3.05, 3.63) is 6.20 Å². The molecule has 0 spiro atoms. The normalized spacial score (nSPS) is 10.3. The fourth-order valence-electron chi connectivity index (χ4n) is 0.679. The van der Waals surface area contributed by atoms with Crippen molar-refractivity contribution in [1.29, 1.82) is 0 Å². The average molecular weight is 156 g/mol. The van der Waals surface area contributed by atoms with E-state index < -0.39 is 0 Å². The third-order valence-corrected chi connectivity index (χ3v) is 1.13. The first kappa shape index (κ1) is 8.00. The third-order valence-electron chi connectivity index (χ3n) is 1.13. The van der Waals surface area contributed by atoms with Crippen LogP contribution in [0.4, 0.5) is 5.82 Å². The van der Waals surface area contributed by atoms with Crippen molar-refractivity contribution >= 4 is 5.82 Å². The molecule has 0 aliphatic rings. The predicted octanol–water partition coefficient (Wildman–Crippen LogP) is 0.244. The summed E-state index contributed by atoms with van der Waals surface area (Å²) < 4.78 is 6.75. The Labute approximate surface area is 65.1 Å². The van der Waals surface area contributed by atoms with E-state index in [1.165, 1.54) is 0 Å². The first-order valence-corrected chi connectivity index (χ1v) is 3.56. The van der Waals surface area contributed by atoms with E-state index in [-0.39, 0.29) is 0 Å². The van der Waals surface area contributed by atoms with Gasteiger partial charge in [0.1, 0.15) is 6.73 Å². The molecule has 0 aromatic carbocycles. The van der Waals surface area contributed by atoms with Gasteiger partial charge in [0.15, 0.2) is 5.82 Å². The zero-order chi connectivity index (χ0) is 8.10. The number of nitrogens with zero attached hydrogens (tertiary/aromatic N) is 3. The first-order chi connectivity index (χ1) is 5.33. The summed E-state index contributed by atoms with van der Waals surface area (Å²) in [5, 5.41) is 7.31. The summed E-state index contributed by atoms with van der Waals surface area (Å²) >= 11 is 0. The van der Waals surface area contributed by atoms with Gasteiger partial charge in [-0.15, -0.1) is 5.10 Å². The van der Waals surface area contributed by atoms with E-state index in [1.807, 2.05) is 0 Å². The molecule has 0 aliphatic heterocycles. The van der Waals surface area contributed by atoms with Crippen LogP contribution in [0, 0.1) is 0 Å². The number of nitrogens with two attached hydrogens (primary N) is 1. The van der Waals surface area contributed by atoms with Gasteiger partial charge in [0, 0.05) is 6.61 Å². The number of hydrogen-bond donors (Lipinski definition) is 1. The summed E-state index contributed by atoms with van der Waals surface area (Å²) in [6, 6.07) is 0. The summed E-state index contributed by atoms with van der Waals surface area (Å²) in [6.07, 6.45) is 2.64. The van der Waals surface area contributed by atoms with E-state index in [2.05, 4.69) is 17.2 Å². The molecule has 1 rings (SSSR count). The molecule has 0 aliphatic carbocycles. The van der Waals surface area contributed by atoms with Crippen LogP contribution in [0.25, 0.3) is 0 Å². The Morgan fingerprint density at radius 3 is 3.09 bits per heavy atom. The largest absolute Gasteiger partial charge is 0.381 e. The zero-order valence-electron chi connectivity index (χ0n) is 6.53. The van der Waals surface area contributed by atoms with Crippen LogP contribution in [0.1, 0.15) is 13.3 Å². The fourth-order valence-corrected chi connectivity index (χ4v) is 0.679. The van der Waals surface area contributed by atoms with Crippen molar-refractivity contribution in [3.8, 4) is 0 Å². The monoisotopic (exact) mass is 156 g/mol. The Hall–Kier alpha value is -1.10. The van der Waals surface area contributed by atoms with E-state index in [0.29, 0.717) is 12.5 Å². The van der Waals surface area contributed by atoms with Crippen molar-refractivity contribution < 1.29 is 4.74 Å². The molecule has 1 aromatic heterocycles. The van der Waals surface area contributed by atoms with E-state index in [0.717, 1.165) is 13.0 Å². The van der Waals surface area contributed by atoms with Crippen LogP contribution < -0.4 is 5.73 Å². The summed E-state index contributed by atoms with van der Waals surface area (Å²) in [7, 11) is 0. The average Bonchev–Trinajstić information content (AvgIpc) is 2.37. The maximum atomic E-state index is 5.33. The molecule has 5 heteroatoms. The van der Waals surface area contributed by atoms with Gasteiger partial charge < -0.3 is 10.5 Å². The van der Waals surface area contributed by atoms with Gasteiger partial charge in [0.2, 0.25) is 0 Å². The number of hydrogen-bond acceptors (Lipinski definition) is 4. The second-order valence-corrected chi connectivity index (χ2v) is 2.22. The molecule has 11 heavy (non-hydrogen) atoms. The van der Waals surface area contributed by atoms with Gasteiger partial charge in [-0.1, -0.05) is 12.1 Å². The number of rotatable bonds is 4. The lowest BCUT2D eigenvalue weighted by molar-refractivity contribution is 0.0681. The molecule has 0 fully saturated rings. The quantitative estimate of drug-likeness (QED) is 0.634. The van der Waals surface area contributed by atoms with Gasteiger partial charge in [-0.05, 0) is 6.42 Å². The van der Waals surface area contributed by atoms with Crippen molar-refractivity contribution in [1.82, 2.24) is 15.0 Å². The molecule has 62 valence electrons. The van der Waals surface area contributed by atoms with Gasteiger partial charge >= 0.3 is 0 Å². The maximum absolute atomic E-state index is 5.33. The van der Waals surface area contributed by atoms with Gasteiger partial charge in [0.05, 0.1) is 6.20 Å². The summed E-state index contributed by atoms with van der Waals surface area (Å²) in [6.45, 7) is 3.22. The van der Waals surface area contributed by atoms with Gasteiger partial charge in [-0.2, -0.15) is 0 Å². The molecule has 0 saturated carbocycles. The van der Waals surface area contributed by atoms with Gasteiger partial charge in [-0.3, -0.25) is 0 Å². The van der Waals surface area contributed by atoms with Crippen molar-refractivity contribution in [3.63, 3.8) is 0 Å². The molecule has 0 atom stereocenters. The lowest BCUT2D eigenvalue weighted by Crippen LogP contribution is -2.03. The van der Waals surface area contributed by atoms with E-state index in [9.17, 15) is 0 Å². The highest BCUT2D eigenvalue weighted by atomic mass is 16.5. The lowest BCUT2D eigenvalue weighted by Gasteiger charge is -1.99. The van der Waals surface area contributed by atoms with Gasteiger partial charge in [-0.25, -0.2) is 4.68 Å². The van der Waals surface area contributed by atoms with Crippen LogP contribution >= 0.6 is 0 Å². The maximum Gasteiger partial charge on any atom is 0.166 e. The molecule has 0 saturated heterocycles. The Morgan fingerprint density at radius 1 is 1.73 bits per heavy atom. The Morgan fingerprint density at radius 2 is 2.55 bits per heavy atom. The molecule has 1 heterocycles. The lowest BCUT2D eigenvalue weighted by atomic mass is 10.5. The number of aromatic nitrogens is 3. The van der Waals surface area contributed by atoms with Crippen molar-refractivity contribution in [2.45, 2.75) is 20.1 Å². The fraction of sp³-hybridized carbons (Fsp3) is 0.667. The molecule has 0 amide bonds. The minimum atomic E-state index is 0.421. The number of nitrogen functional groups attached to an aromatic ring is 1. The smallest absolute Gasteiger partial charge is 0.166 e. The molecule has 5 nitrogen and oxygen atoms in total. The molecular weight excluding hydrogens is 144 g/mol. The van der Waals surface area contributed by atoms with E-state index in [1.54, 1.807) is 10.9 Å². The minimum absolute atomic E-state index is 0.421. The minimum Gasteiger partial charge on any atom is -0.381 e. The van der Waals surface area contributed by atoms with Crippen LogP contribution in [-0.4, -0.2) is 21.6 Å².